The molecule has 0 aromatic carbocycles. The Morgan fingerprint density at radius 3 is 2.56 bits per heavy atom. The first-order valence-electron chi connectivity index (χ1n) is 5.76. The molecule has 0 radical (unpaired) electrons. The largest absolute Gasteiger partial charge is 0.358 e. The molecule has 5 nitrogen and oxygen atoms in total. The number of nitrogens with one attached hydrogen (secondary N) is 2. The van der Waals surface area contributed by atoms with Crippen molar-refractivity contribution in [3.05, 3.63) is 17.0 Å². The Balaban J connectivity index is 2.73. The maximum atomic E-state index is 11.9. The zero-order valence-electron chi connectivity index (χ0n) is 11.3. The van der Waals surface area contributed by atoms with Gasteiger partial charge < -0.3 is 10.6 Å². The van der Waals surface area contributed by atoms with Gasteiger partial charge in [-0.15, -0.1) is 0 Å². The van der Waals surface area contributed by atoms with E-state index in [2.05, 4.69) is 20.6 Å². The minimum atomic E-state index is -0.395. The summed E-state index contributed by atoms with van der Waals surface area (Å²) < 4.78 is 0. The molecule has 0 bridgehead atoms. The topological polar surface area (TPSA) is 66.9 Å². The van der Waals surface area contributed by atoms with Crippen molar-refractivity contribution in [2.75, 3.05) is 5.32 Å². The smallest absolute Gasteiger partial charge is 0.242 e. The van der Waals surface area contributed by atoms with Crippen LogP contribution in [-0.4, -0.2) is 27.5 Å². The van der Waals surface area contributed by atoms with Crippen molar-refractivity contribution < 1.29 is 4.79 Å². The van der Waals surface area contributed by atoms with Gasteiger partial charge in [-0.2, -0.15) is 0 Å². The molecule has 1 unspecified atom stereocenters. The Morgan fingerprint density at radius 2 is 2.00 bits per heavy atom. The zero-order chi connectivity index (χ0) is 13.9. The minimum absolute atomic E-state index is 0.0864. The van der Waals surface area contributed by atoms with Gasteiger partial charge in [-0.1, -0.05) is 11.6 Å². The van der Waals surface area contributed by atoms with E-state index in [-0.39, 0.29) is 11.4 Å². The number of halogens is 1. The van der Waals surface area contributed by atoms with E-state index in [9.17, 15) is 4.79 Å². The quantitative estimate of drug-likeness (QED) is 0.826. The SMILES string of the molecule is Cc1c(Cl)ncnc1NC(C)C(=O)NC(C)(C)C. The summed E-state index contributed by atoms with van der Waals surface area (Å²) in [6.45, 7) is 9.38. The molecule has 1 amide bonds. The molecular formula is C12H19ClN4O. The van der Waals surface area contributed by atoms with Crippen LogP contribution in [0.2, 0.25) is 5.15 Å². The summed E-state index contributed by atoms with van der Waals surface area (Å²) in [5.41, 5.74) is 0.473. The van der Waals surface area contributed by atoms with Crippen LogP contribution in [0, 0.1) is 6.92 Å². The Morgan fingerprint density at radius 1 is 1.39 bits per heavy atom. The monoisotopic (exact) mass is 270 g/mol. The Kier molecular flexibility index (Phi) is 4.51. The van der Waals surface area contributed by atoms with Crippen LogP contribution in [0.3, 0.4) is 0 Å². The van der Waals surface area contributed by atoms with E-state index < -0.39 is 6.04 Å². The molecule has 0 aliphatic carbocycles. The van der Waals surface area contributed by atoms with Gasteiger partial charge in [0.05, 0.1) is 0 Å². The van der Waals surface area contributed by atoms with Crippen LogP contribution in [0.4, 0.5) is 5.82 Å². The normalized spacial score (nSPS) is 13.0. The molecule has 100 valence electrons. The summed E-state index contributed by atoms with van der Waals surface area (Å²) in [6.07, 6.45) is 1.37. The van der Waals surface area contributed by atoms with Crippen molar-refractivity contribution in [1.82, 2.24) is 15.3 Å². The maximum absolute atomic E-state index is 11.9. The molecule has 6 heteroatoms. The predicted octanol–water partition coefficient (Wildman–Crippen LogP) is 2.15. The summed E-state index contributed by atoms with van der Waals surface area (Å²) in [5.74, 6) is 0.489. The third-order valence-electron chi connectivity index (χ3n) is 2.27. The fourth-order valence-electron chi connectivity index (χ4n) is 1.32. The van der Waals surface area contributed by atoms with Gasteiger partial charge in [-0.25, -0.2) is 9.97 Å². The lowest BCUT2D eigenvalue weighted by molar-refractivity contribution is -0.122. The first-order valence-corrected chi connectivity index (χ1v) is 6.14. The first kappa shape index (κ1) is 14.7. The summed E-state index contributed by atoms with van der Waals surface area (Å²) in [6, 6.07) is -0.395. The molecule has 0 aliphatic rings. The average molecular weight is 271 g/mol. The van der Waals surface area contributed by atoms with Gasteiger partial charge in [0.25, 0.3) is 0 Å². The lowest BCUT2D eigenvalue weighted by Crippen LogP contribution is -2.47. The highest BCUT2D eigenvalue weighted by Gasteiger charge is 2.20. The van der Waals surface area contributed by atoms with Crippen molar-refractivity contribution in [3.8, 4) is 0 Å². The van der Waals surface area contributed by atoms with E-state index in [4.69, 9.17) is 11.6 Å². The molecule has 0 fully saturated rings. The van der Waals surface area contributed by atoms with Crippen LogP contribution in [-0.2, 0) is 4.79 Å². The van der Waals surface area contributed by atoms with Crippen molar-refractivity contribution in [3.63, 3.8) is 0 Å². The van der Waals surface area contributed by atoms with E-state index in [1.807, 2.05) is 20.8 Å². The second-order valence-electron chi connectivity index (χ2n) is 5.24. The van der Waals surface area contributed by atoms with Crippen molar-refractivity contribution in [2.24, 2.45) is 0 Å². The van der Waals surface area contributed by atoms with Crippen LogP contribution < -0.4 is 10.6 Å². The van der Waals surface area contributed by atoms with Crippen LogP contribution in [0.15, 0.2) is 6.33 Å². The number of hydrogen-bond acceptors (Lipinski definition) is 4. The summed E-state index contributed by atoms with van der Waals surface area (Å²) in [7, 11) is 0. The van der Waals surface area contributed by atoms with Gasteiger partial charge in [0.2, 0.25) is 5.91 Å². The van der Waals surface area contributed by atoms with Gasteiger partial charge in [0.1, 0.15) is 23.3 Å². The number of nitrogens with zero attached hydrogens (tertiary/aromatic N) is 2. The molecule has 1 heterocycles. The van der Waals surface area contributed by atoms with E-state index in [0.29, 0.717) is 11.0 Å². The third kappa shape index (κ3) is 4.14. The second kappa shape index (κ2) is 5.52. The molecule has 0 saturated carbocycles. The highest BCUT2D eigenvalue weighted by Crippen LogP contribution is 2.18. The van der Waals surface area contributed by atoms with Crippen LogP contribution in [0.1, 0.15) is 33.3 Å². The van der Waals surface area contributed by atoms with Crippen molar-refractivity contribution in [1.29, 1.82) is 0 Å². The number of aromatic nitrogens is 2. The number of anilines is 1. The fraction of sp³-hybridized carbons (Fsp3) is 0.583. The molecule has 1 rings (SSSR count). The Bertz CT molecular complexity index is 442. The summed E-state index contributed by atoms with van der Waals surface area (Å²) >= 11 is 5.89. The van der Waals surface area contributed by atoms with Gasteiger partial charge in [-0.05, 0) is 34.6 Å². The average Bonchev–Trinajstić information content (AvgIpc) is 2.22. The minimum Gasteiger partial charge on any atom is -0.358 e. The molecular weight excluding hydrogens is 252 g/mol. The fourth-order valence-corrected chi connectivity index (χ4v) is 1.46. The van der Waals surface area contributed by atoms with Crippen LogP contribution >= 0.6 is 11.6 Å². The molecule has 1 atom stereocenters. The molecule has 18 heavy (non-hydrogen) atoms. The van der Waals surface area contributed by atoms with Crippen molar-refractivity contribution >= 4 is 23.3 Å². The van der Waals surface area contributed by atoms with Gasteiger partial charge in [0, 0.05) is 11.1 Å². The predicted molar refractivity (Wildman–Crippen MR) is 72.8 cm³/mol. The molecule has 2 N–H and O–H groups in total. The lowest BCUT2D eigenvalue weighted by atomic mass is 10.1. The standard InChI is InChI=1S/C12H19ClN4O/c1-7-9(13)14-6-15-10(7)16-8(2)11(18)17-12(3,4)5/h6,8H,1-5H3,(H,17,18)(H,14,15,16). The van der Waals surface area contributed by atoms with Gasteiger partial charge in [0.15, 0.2) is 0 Å². The molecule has 1 aromatic rings. The van der Waals surface area contributed by atoms with E-state index >= 15 is 0 Å². The van der Waals surface area contributed by atoms with E-state index in [0.717, 1.165) is 5.56 Å². The van der Waals surface area contributed by atoms with Gasteiger partial charge >= 0.3 is 0 Å². The first-order chi connectivity index (χ1) is 8.20. The number of carbonyl (C=O) groups is 1. The number of amides is 1. The molecule has 0 aliphatic heterocycles. The highest BCUT2D eigenvalue weighted by molar-refractivity contribution is 6.30. The van der Waals surface area contributed by atoms with E-state index in [1.165, 1.54) is 6.33 Å². The maximum Gasteiger partial charge on any atom is 0.242 e. The summed E-state index contributed by atoms with van der Waals surface area (Å²) in [4.78, 5) is 19.8. The summed E-state index contributed by atoms with van der Waals surface area (Å²) in [5, 5.41) is 6.31. The highest BCUT2D eigenvalue weighted by atomic mass is 35.5. The lowest BCUT2D eigenvalue weighted by Gasteiger charge is -2.24. The second-order valence-corrected chi connectivity index (χ2v) is 5.60. The Hall–Kier alpha value is -1.36. The molecule has 0 spiro atoms. The third-order valence-corrected chi connectivity index (χ3v) is 2.65. The number of rotatable bonds is 3. The van der Waals surface area contributed by atoms with Crippen molar-refractivity contribution in [2.45, 2.75) is 46.2 Å². The Labute approximate surface area is 112 Å². The number of hydrogen-bond donors (Lipinski definition) is 2. The van der Waals surface area contributed by atoms with Gasteiger partial charge in [-0.3, -0.25) is 4.79 Å². The molecule has 0 saturated heterocycles. The molecule has 1 aromatic heterocycles. The number of carbonyl (C=O) groups excluding carboxylic acids is 1. The zero-order valence-corrected chi connectivity index (χ0v) is 12.1. The van der Waals surface area contributed by atoms with Crippen LogP contribution in [0.5, 0.6) is 0 Å². The van der Waals surface area contributed by atoms with E-state index in [1.54, 1.807) is 13.8 Å². The van der Waals surface area contributed by atoms with Crippen LogP contribution in [0.25, 0.3) is 0 Å².